The lowest BCUT2D eigenvalue weighted by Crippen LogP contribution is -2.35. The molecule has 120 valence electrons. The number of nitrogens with zero attached hydrogens (tertiary/aromatic N) is 3. The second-order valence-corrected chi connectivity index (χ2v) is 6.38. The van der Waals surface area contributed by atoms with Crippen molar-refractivity contribution in [2.24, 2.45) is 0 Å². The van der Waals surface area contributed by atoms with Crippen LogP contribution >= 0.6 is 0 Å². The van der Waals surface area contributed by atoms with E-state index in [-0.39, 0.29) is 0 Å². The quantitative estimate of drug-likeness (QED) is 0.710. The van der Waals surface area contributed by atoms with Gasteiger partial charge in [-0.25, -0.2) is 4.98 Å². The number of imidazole rings is 1. The fourth-order valence-corrected chi connectivity index (χ4v) is 3.31. The Balaban J connectivity index is 1.58. The van der Waals surface area contributed by atoms with Gasteiger partial charge in [0.05, 0.1) is 12.0 Å². The molecule has 0 aliphatic heterocycles. The zero-order chi connectivity index (χ0) is 14.9. The van der Waals surface area contributed by atoms with Crippen molar-refractivity contribution in [3.8, 4) is 0 Å². The summed E-state index contributed by atoms with van der Waals surface area (Å²) in [7, 11) is 2.30. The van der Waals surface area contributed by atoms with Gasteiger partial charge in [-0.2, -0.15) is 0 Å². The lowest BCUT2D eigenvalue weighted by molar-refractivity contribution is 0.189. The number of hydrogen-bond acceptors (Lipinski definition) is 3. The Morgan fingerprint density at radius 1 is 1.33 bits per heavy atom. The van der Waals surface area contributed by atoms with Crippen LogP contribution in [0.3, 0.4) is 0 Å². The van der Waals surface area contributed by atoms with Crippen molar-refractivity contribution in [2.75, 3.05) is 20.1 Å². The molecule has 0 saturated heterocycles. The molecule has 0 unspecified atom stereocenters. The summed E-state index contributed by atoms with van der Waals surface area (Å²) in [6.07, 6.45) is 13.4. The van der Waals surface area contributed by atoms with E-state index in [0.29, 0.717) is 0 Å². The Morgan fingerprint density at radius 2 is 2.14 bits per heavy atom. The summed E-state index contributed by atoms with van der Waals surface area (Å²) in [6, 6.07) is 0.838. The predicted molar refractivity (Wildman–Crippen MR) is 88.3 cm³/mol. The molecular formula is C17H32N4. The molecule has 0 spiro atoms. The van der Waals surface area contributed by atoms with Gasteiger partial charge in [-0.15, -0.1) is 0 Å². The normalized spacial score (nSPS) is 16.7. The van der Waals surface area contributed by atoms with Crippen molar-refractivity contribution in [2.45, 2.75) is 71.0 Å². The van der Waals surface area contributed by atoms with Gasteiger partial charge in [0.1, 0.15) is 0 Å². The molecule has 4 heteroatoms. The maximum absolute atomic E-state index is 4.24. The highest BCUT2D eigenvalue weighted by atomic mass is 15.1. The van der Waals surface area contributed by atoms with Crippen LogP contribution in [0.2, 0.25) is 0 Å². The van der Waals surface area contributed by atoms with Crippen LogP contribution < -0.4 is 5.32 Å². The molecule has 21 heavy (non-hydrogen) atoms. The van der Waals surface area contributed by atoms with Crippen molar-refractivity contribution in [1.82, 2.24) is 19.8 Å². The number of aryl methyl sites for hydroxylation is 1. The Morgan fingerprint density at radius 3 is 2.90 bits per heavy atom. The third-order valence-electron chi connectivity index (χ3n) is 4.63. The molecule has 1 aliphatic rings. The Bertz CT molecular complexity index is 382. The van der Waals surface area contributed by atoms with E-state index in [0.717, 1.165) is 32.1 Å². The first-order chi connectivity index (χ1) is 10.3. The average Bonchev–Trinajstić information content (AvgIpc) is 2.95. The van der Waals surface area contributed by atoms with E-state index in [4.69, 9.17) is 0 Å². The summed E-state index contributed by atoms with van der Waals surface area (Å²) in [6.45, 7) is 6.52. The van der Waals surface area contributed by atoms with Gasteiger partial charge in [-0.1, -0.05) is 26.2 Å². The lowest BCUT2D eigenvalue weighted by atomic mass is 9.94. The fourth-order valence-electron chi connectivity index (χ4n) is 3.31. The first kappa shape index (κ1) is 16.5. The van der Waals surface area contributed by atoms with E-state index >= 15 is 0 Å². The van der Waals surface area contributed by atoms with Crippen LogP contribution in [0.15, 0.2) is 12.5 Å². The third kappa shape index (κ3) is 5.44. The van der Waals surface area contributed by atoms with Crippen LogP contribution in [-0.4, -0.2) is 40.6 Å². The van der Waals surface area contributed by atoms with Gasteiger partial charge in [0, 0.05) is 25.3 Å². The SMILES string of the molecule is CCCn1cncc1CNCCCN(C)C1CCCCC1. The fraction of sp³-hybridized carbons (Fsp3) is 0.824. The summed E-state index contributed by atoms with van der Waals surface area (Å²) in [4.78, 5) is 6.82. The molecule has 1 aliphatic carbocycles. The zero-order valence-corrected chi connectivity index (χ0v) is 13.9. The largest absolute Gasteiger partial charge is 0.333 e. The number of hydrogen-bond donors (Lipinski definition) is 1. The molecule has 0 radical (unpaired) electrons. The first-order valence-corrected chi connectivity index (χ1v) is 8.71. The van der Waals surface area contributed by atoms with Crippen LogP contribution in [0.1, 0.15) is 57.6 Å². The van der Waals surface area contributed by atoms with Crippen LogP contribution in [0, 0.1) is 0 Å². The third-order valence-corrected chi connectivity index (χ3v) is 4.63. The van der Waals surface area contributed by atoms with Gasteiger partial charge in [0.2, 0.25) is 0 Å². The highest BCUT2D eigenvalue weighted by Gasteiger charge is 2.17. The van der Waals surface area contributed by atoms with Gasteiger partial charge >= 0.3 is 0 Å². The maximum Gasteiger partial charge on any atom is 0.0948 e. The van der Waals surface area contributed by atoms with Gasteiger partial charge in [0.25, 0.3) is 0 Å². The van der Waals surface area contributed by atoms with E-state index in [1.54, 1.807) is 0 Å². The van der Waals surface area contributed by atoms with E-state index in [1.165, 1.54) is 50.8 Å². The topological polar surface area (TPSA) is 33.1 Å². The van der Waals surface area contributed by atoms with Crippen molar-refractivity contribution in [1.29, 1.82) is 0 Å². The van der Waals surface area contributed by atoms with E-state index in [9.17, 15) is 0 Å². The number of aromatic nitrogens is 2. The number of nitrogens with one attached hydrogen (secondary N) is 1. The minimum absolute atomic E-state index is 0.838. The van der Waals surface area contributed by atoms with Crippen LogP contribution in [-0.2, 0) is 13.1 Å². The highest BCUT2D eigenvalue weighted by Crippen LogP contribution is 2.21. The Labute approximate surface area is 129 Å². The summed E-state index contributed by atoms with van der Waals surface area (Å²) in [5, 5.41) is 3.56. The standard InChI is InChI=1S/C17H32N4/c1-3-11-21-15-19-14-17(21)13-18-10-7-12-20(2)16-8-5-4-6-9-16/h14-16,18H,3-13H2,1-2H3. The molecule has 2 rings (SSSR count). The molecule has 1 aromatic rings. The second kappa shape index (κ2) is 9.21. The molecule has 0 atom stereocenters. The van der Waals surface area contributed by atoms with Gasteiger partial charge in [-0.3, -0.25) is 0 Å². The molecule has 0 amide bonds. The lowest BCUT2D eigenvalue weighted by Gasteiger charge is -2.31. The van der Waals surface area contributed by atoms with Gasteiger partial charge in [-0.05, 0) is 45.8 Å². The highest BCUT2D eigenvalue weighted by molar-refractivity contribution is 4.97. The van der Waals surface area contributed by atoms with Crippen LogP contribution in [0.5, 0.6) is 0 Å². The molecule has 1 fully saturated rings. The van der Waals surface area contributed by atoms with E-state index in [2.05, 4.69) is 33.7 Å². The summed E-state index contributed by atoms with van der Waals surface area (Å²) in [5.74, 6) is 0. The molecule has 1 aromatic heterocycles. The molecule has 1 saturated carbocycles. The number of rotatable bonds is 9. The van der Waals surface area contributed by atoms with Crippen molar-refractivity contribution >= 4 is 0 Å². The molecule has 1 N–H and O–H groups in total. The molecule has 4 nitrogen and oxygen atoms in total. The van der Waals surface area contributed by atoms with Gasteiger partial charge in [0.15, 0.2) is 0 Å². The summed E-state index contributed by atoms with van der Waals surface area (Å²) >= 11 is 0. The smallest absolute Gasteiger partial charge is 0.0948 e. The molecule has 0 aromatic carbocycles. The summed E-state index contributed by atoms with van der Waals surface area (Å²) in [5.41, 5.74) is 1.30. The zero-order valence-electron chi connectivity index (χ0n) is 13.9. The summed E-state index contributed by atoms with van der Waals surface area (Å²) < 4.78 is 2.25. The van der Waals surface area contributed by atoms with E-state index in [1.807, 2.05) is 12.5 Å². The van der Waals surface area contributed by atoms with Crippen molar-refractivity contribution < 1.29 is 0 Å². The van der Waals surface area contributed by atoms with Crippen LogP contribution in [0.4, 0.5) is 0 Å². The monoisotopic (exact) mass is 292 g/mol. The molecular weight excluding hydrogens is 260 g/mol. The van der Waals surface area contributed by atoms with Crippen LogP contribution in [0.25, 0.3) is 0 Å². The molecule has 0 bridgehead atoms. The Hall–Kier alpha value is -0.870. The second-order valence-electron chi connectivity index (χ2n) is 6.38. The first-order valence-electron chi connectivity index (χ1n) is 8.71. The Kier molecular flexibility index (Phi) is 7.24. The predicted octanol–water partition coefficient (Wildman–Crippen LogP) is 3.04. The minimum Gasteiger partial charge on any atom is -0.333 e. The van der Waals surface area contributed by atoms with E-state index < -0.39 is 0 Å². The van der Waals surface area contributed by atoms with Crippen molar-refractivity contribution in [3.05, 3.63) is 18.2 Å². The maximum atomic E-state index is 4.24. The average molecular weight is 292 g/mol. The minimum atomic E-state index is 0.838. The van der Waals surface area contributed by atoms with Gasteiger partial charge < -0.3 is 14.8 Å². The molecule has 1 heterocycles. The van der Waals surface area contributed by atoms with Crippen molar-refractivity contribution in [3.63, 3.8) is 0 Å².